The minimum Gasteiger partial charge on any atom is -0.376 e. The standard InChI is InChI=1S/C19H16N4O3/c24-19(22-21-12-16-7-3-4-8-18(16)23(25)26)13-20-17-10-9-14-5-1-2-6-15(14)11-17/h1-12,20H,13H2,(H,22,24). The van der Waals surface area contributed by atoms with Crippen molar-refractivity contribution in [1.82, 2.24) is 5.43 Å². The van der Waals surface area contributed by atoms with Gasteiger partial charge in [-0.3, -0.25) is 14.9 Å². The van der Waals surface area contributed by atoms with Crippen LogP contribution in [-0.4, -0.2) is 23.6 Å². The Labute approximate surface area is 149 Å². The van der Waals surface area contributed by atoms with Crippen LogP contribution in [0.1, 0.15) is 5.56 Å². The third kappa shape index (κ3) is 4.21. The van der Waals surface area contributed by atoms with Crippen LogP contribution in [0.15, 0.2) is 71.8 Å². The van der Waals surface area contributed by atoms with Crippen molar-refractivity contribution in [3.63, 3.8) is 0 Å². The molecule has 0 fully saturated rings. The number of anilines is 1. The van der Waals surface area contributed by atoms with Crippen LogP contribution < -0.4 is 10.7 Å². The zero-order valence-electron chi connectivity index (χ0n) is 13.8. The van der Waals surface area contributed by atoms with Crippen molar-refractivity contribution in [2.45, 2.75) is 0 Å². The summed E-state index contributed by atoms with van der Waals surface area (Å²) in [4.78, 5) is 22.3. The van der Waals surface area contributed by atoms with Crippen LogP contribution in [-0.2, 0) is 4.79 Å². The van der Waals surface area contributed by atoms with E-state index >= 15 is 0 Å². The summed E-state index contributed by atoms with van der Waals surface area (Å²) in [6, 6.07) is 19.9. The van der Waals surface area contributed by atoms with E-state index in [-0.39, 0.29) is 18.1 Å². The molecule has 0 aliphatic heterocycles. The highest BCUT2D eigenvalue weighted by Crippen LogP contribution is 2.18. The molecule has 3 aromatic rings. The van der Waals surface area contributed by atoms with E-state index in [4.69, 9.17) is 0 Å². The smallest absolute Gasteiger partial charge is 0.278 e. The topological polar surface area (TPSA) is 96.6 Å². The fourth-order valence-electron chi connectivity index (χ4n) is 2.46. The van der Waals surface area contributed by atoms with Gasteiger partial charge in [-0.05, 0) is 29.0 Å². The lowest BCUT2D eigenvalue weighted by molar-refractivity contribution is -0.385. The quantitative estimate of drug-likeness (QED) is 0.406. The van der Waals surface area contributed by atoms with Gasteiger partial charge in [0, 0.05) is 11.8 Å². The molecule has 0 heterocycles. The van der Waals surface area contributed by atoms with Gasteiger partial charge in [0.1, 0.15) is 0 Å². The van der Waals surface area contributed by atoms with Gasteiger partial charge in [0.15, 0.2) is 0 Å². The number of carbonyl (C=O) groups is 1. The van der Waals surface area contributed by atoms with Crippen molar-refractivity contribution in [3.8, 4) is 0 Å². The Morgan fingerprint density at radius 2 is 1.77 bits per heavy atom. The lowest BCUT2D eigenvalue weighted by Gasteiger charge is -2.06. The van der Waals surface area contributed by atoms with Crippen LogP contribution in [0.3, 0.4) is 0 Å². The average molecular weight is 348 g/mol. The molecule has 0 aromatic heterocycles. The summed E-state index contributed by atoms with van der Waals surface area (Å²) in [5.41, 5.74) is 3.42. The van der Waals surface area contributed by atoms with E-state index in [1.165, 1.54) is 12.3 Å². The molecule has 0 saturated carbocycles. The maximum atomic E-state index is 11.9. The summed E-state index contributed by atoms with van der Waals surface area (Å²) >= 11 is 0. The maximum Gasteiger partial charge on any atom is 0.278 e. The van der Waals surface area contributed by atoms with Gasteiger partial charge in [-0.15, -0.1) is 0 Å². The maximum absolute atomic E-state index is 11.9. The number of hydrogen-bond acceptors (Lipinski definition) is 5. The van der Waals surface area contributed by atoms with Gasteiger partial charge in [0.2, 0.25) is 0 Å². The molecule has 26 heavy (non-hydrogen) atoms. The minimum absolute atomic E-state index is 0.0343. The lowest BCUT2D eigenvalue weighted by atomic mass is 10.1. The SMILES string of the molecule is O=C(CNc1ccc2ccccc2c1)NN=Cc1ccccc1[N+](=O)[O-]. The number of hydrogen-bond donors (Lipinski definition) is 2. The Balaban J connectivity index is 1.56. The fraction of sp³-hybridized carbons (Fsp3) is 0.0526. The van der Waals surface area contributed by atoms with E-state index in [1.807, 2.05) is 42.5 Å². The molecule has 0 radical (unpaired) electrons. The van der Waals surface area contributed by atoms with Crippen molar-refractivity contribution >= 4 is 34.3 Å². The van der Waals surface area contributed by atoms with Crippen molar-refractivity contribution in [1.29, 1.82) is 0 Å². The number of nitrogens with zero attached hydrogens (tertiary/aromatic N) is 2. The summed E-state index contributed by atoms with van der Waals surface area (Å²) in [5.74, 6) is -0.354. The monoisotopic (exact) mass is 348 g/mol. The molecule has 0 atom stereocenters. The minimum atomic E-state index is -0.496. The molecule has 0 spiro atoms. The molecule has 1 amide bonds. The predicted octanol–water partition coefficient (Wildman–Crippen LogP) is 3.31. The molecular formula is C19H16N4O3. The molecule has 3 aromatic carbocycles. The molecule has 0 unspecified atom stereocenters. The van der Waals surface area contributed by atoms with Crippen molar-refractivity contribution < 1.29 is 9.72 Å². The van der Waals surface area contributed by atoms with Gasteiger partial charge in [-0.1, -0.05) is 42.5 Å². The number of benzene rings is 3. The Morgan fingerprint density at radius 3 is 2.58 bits per heavy atom. The zero-order chi connectivity index (χ0) is 18.4. The molecule has 130 valence electrons. The zero-order valence-corrected chi connectivity index (χ0v) is 13.8. The van der Waals surface area contributed by atoms with Gasteiger partial charge in [0.05, 0.1) is 23.2 Å². The predicted molar refractivity (Wildman–Crippen MR) is 101 cm³/mol. The largest absolute Gasteiger partial charge is 0.376 e. The number of para-hydroxylation sites is 1. The van der Waals surface area contributed by atoms with E-state index < -0.39 is 4.92 Å². The first-order chi connectivity index (χ1) is 12.6. The number of hydrazone groups is 1. The lowest BCUT2D eigenvalue weighted by Crippen LogP contribution is -2.25. The molecule has 0 aliphatic carbocycles. The third-order valence-corrected chi connectivity index (χ3v) is 3.73. The van der Waals surface area contributed by atoms with E-state index in [0.29, 0.717) is 5.56 Å². The second kappa shape index (κ2) is 7.89. The highest BCUT2D eigenvalue weighted by Gasteiger charge is 2.10. The van der Waals surface area contributed by atoms with Gasteiger partial charge in [-0.2, -0.15) is 5.10 Å². The first-order valence-corrected chi connectivity index (χ1v) is 7.91. The molecule has 7 heteroatoms. The van der Waals surface area contributed by atoms with Crippen LogP contribution in [0.4, 0.5) is 11.4 Å². The summed E-state index contributed by atoms with van der Waals surface area (Å²) in [5, 5.41) is 19.9. The van der Waals surface area contributed by atoms with Gasteiger partial charge in [-0.25, -0.2) is 5.43 Å². The van der Waals surface area contributed by atoms with E-state index in [2.05, 4.69) is 15.8 Å². The first-order valence-electron chi connectivity index (χ1n) is 7.91. The second-order valence-electron chi connectivity index (χ2n) is 5.52. The Hall–Kier alpha value is -3.74. The Morgan fingerprint density at radius 1 is 1.04 bits per heavy atom. The summed E-state index contributed by atoms with van der Waals surface area (Å²) < 4.78 is 0. The number of nitro groups is 1. The van der Waals surface area contributed by atoms with Crippen molar-refractivity contribution in [2.75, 3.05) is 11.9 Å². The average Bonchev–Trinajstić information content (AvgIpc) is 2.66. The van der Waals surface area contributed by atoms with Crippen LogP contribution in [0.5, 0.6) is 0 Å². The van der Waals surface area contributed by atoms with Gasteiger partial charge < -0.3 is 5.32 Å². The number of nitrogens with one attached hydrogen (secondary N) is 2. The van der Waals surface area contributed by atoms with Crippen LogP contribution in [0, 0.1) is 10.1 Å². The highest BCUT2D eigenvalue weighted by molar-refractivity contribution is 5.88. The number of carbonyl (C=O) groups excluding carboxylic acids is 1. The van der Waals surface area contributed by atoms with E-state index in [1.54, 1.807) is 18.2 Å². The van der Waals surface area contributed by atoms with Gasteiger partial charge in [0.25, 0.3) is 11.6 Å². The van der Waals surface area contributed by atoms with Gasteiger partial charge >= 0.3 is 0 Å². The number of amides is 1. The highest BCUT2D eigenvalue weighted by atomic mass is 16.6. The van der Waals surface area contributed by atoms with Crippen LogP contribution >= 0.6 is 0 Å². The molecule has 0 saturated heterocycles. The Bertz CT molecular complexity index is 985. The van der Waals surface area contributed by atoms with Crippen molar-refractivity contribution in [2.24, 2.45) is 5.10 Å². The third-order valence-electron chi connectivity index (χ3n) is 3.73. The number of rotatable bonds is 6. The number of nitro benzene ring substituents is 1. The summed E-state index contributed by atoms with van der Waals surface area (Å²) in [6.45, 7) is 0.0343. The molecule has 3 rings (SSSR count). The Kier molecular flexibility index (Phi) is 5.19. The van der Waals surface area contributed by atoms with Crippen LogP contribution in [0.25, 0.3) is 10.8 Å². The summed E-state index contributed by atoms with van der Waals surface area (Å²) in [6.07, 6.45) is 1.26. The molecule has 0 bridgehead atoms. The number of fused-ring (bicyclic) bond motifs is 1. The molecule has 0 aliphatic rings. The molecular weight excluding hydrogens is 332 g/mol. The second-order valence-corrected chi connectivity index (χ2v) is 5.52. The first kappa shape index (κ1) is 17.1. The van der Waals surface area contributed by atoms with Crippen LogP contribution in [0.2, 0.25) is 0 Å². The summed E-state index contributed by atoms with van der Waals surface area (Å²) in [7, 11) is 0. The van der Waals surface area contributed by atoms with E-state index in [0.717, 1.165) is 16.5 Å². The fourth-order valence-corrected chi connectivity index (χ4v) is 2.46. The molecule has 7 nitrogen and oxygen atoms in total. The van der Waals surface area contributed by atoms with E-state index in [9.17, 15) is 14.9 Å². The molecule has 2 N–H and O–H groups in total. The normalized spacial score (nSPS) is 10.8. The van der Waals surface area contributed by atoms with Crippen molar-refractivity contribution in [3.05, 3.63) is 82.4 Å².